The van der Waals surface area contributed by atoms with Crippen molar-refractivity contribution in [2.75, 3.05) is 5.32 Å². The summed E-state index contributed by atoms with van der Waals surface area (Å²) in [6.07, 6.45) is 7.35. The number of nitrogens with zero attached hydrogens (tertiary/aromatic N) is 2. The summed E-state index contributed by atoms with van der Waals surface area (Å²) >= 11 is 0. The maximum atomic E-state index is 13.6. The van der Waals surface area contributed by atoms with Crippen LogP contribution in [0, 0.1) is 18.2 Å². The molecule has 0 fully saturated rings. The summed E-state index contributed by atoms with van der Waals surface area (Å²) in [4.78, 5) is 7.96. The van der Waals surface area contributed by atoms with Crippen molar-refractivity contribution in [1.82, 2.24) is 20.2 Å². The van der Waals surface area contributed by atoms with Crippen LogP contribution in [-0.2, 0) is 0 Å². The molecule has 39 heavy (non-hydrogen) atoms. The fraction of sp³-hybridized carbons (Fsp3) is 0.152. The highest BCUT2D eigenvalue weighted by Crippen LogP contribution is 2.35. The number of benzene rings is 2. The minimum Gasteiger partial charge on any atom is -0.358 e. The number of H-pyrrole nitrogens is 2. The lowest BCUT2D eigenvalue weighted by Crippen LogP contribution is -2.15. The molecule has 0 saturated heterocycles. The first kappa shape index (κ1) is 25.9. The topological polar surface area (TPSA) is 69.4 Å². The van der Waals surface area contributed by atoms with Crippen molar-refractivity contribution in [3.63, 3.8) is 0 Å². The van der Waals surface area contributed by atoms with Gasteiger partial charge < -0.3 is 10.3 Å². The molecule has 5 rings (SSSR count). The zero-order valence-electron chi connectivity index (χ0n) is 22.7. The van der Waals surface area contributed by atoms with E-state index < -0.39 is 0 Å². The van der Waals surface area contributed by atoms with E-state index in [2.05, 4.69) is 83.7 Å². The molecule has 5 nitrogen and oxygen atoms in total. The molecule has 0 aliphatic carbocycles. The first-order valence-electron chi connectivity index (χ1n) is 12.8. The maximum absolute atomic E-state index is 13.6. The van der Waals surface area contributed by atoms with Gasteiger partial charge in [0.25, 0.3) is 0 Å². The van der Waals surface area contributed by atoms with Crippen molar-refractivity contribution in [2.24, 2.45) is 5.41 Å². The fourth-order valence-corrected chi connectivity index (χ4v) is 4.48. The number of anilines is 1. The predicted octanol–water partition coefficient (Wildman–Crippen LogP) is 8.66. The third-order valence-electron chi connectivity index (χ3n) is 6.83. The number of aryl methyl sites for hydroxylation is 1. The third kappa shape index (κ3) is 5.32. The lowest BCUT2D eigenvalue weighted by Gasteiger charge is -2.23. The zero-order chi connectivity index (χ0) is 27.7. The number of allylic oxidation sites excluding steroid dienone is 3. The normalized spacial score (nSPS) is 12.1. The van der Waals surface area contributed by atoms with Crippen molar-refractivity contribution in [3.8, 4) is 22.5 Å². The Balaban J connectivity index is 1.52. The molecular formula is C33H32FN5. The van der Waals surface area contributed by atoms with Crippen LogP contribution in [0.2, 0.25) is 0 Å². The molecule has 3 heterocycles. The van der Waals surface area contributed by atoms with Gasteiger partial charge in [-0.2, -0.15) is 5.10 Å². The van der Waals surface area contributed by atoms with Gasteiger partial charge in [0.1, 0.15) is 11.5 Å². The van der Waals surface area contributed by atoms with Crippen LogP contribution in [0.3, 0.4) is 0 Å². The Kier molecular flexibility index (Phi) is 6.79. The summed E-state index contributed by atoms with van der Waals surface area (Å²) in [7, 11) is 0. The number of aromatic amines is 2. The molecule has 0 spiro atoms. The van der Waals surface area contributed by atoms with E-state index >= 15 is 0 Å². The van der Waals surface area contributed by atoms with Crippen molar-refractivity contribution in [1.29, 1.82) is 0 Å². The number of halogens is 1. The number of nitrogens with one attached hydrogen (secondary N) is 3. The highest BCUT2D eigenvalue weighted by Gasteiger charge is 2.18. The van der Waals surface area contributed by atoms with Crippen LogP contribution in [0.5, 0.6) is 0 Å². The van der Waals surface area contributed by atoms with Gasteiger partial charge in [0, 0.05) is 39.5 Å². The molecule has 0 saturated carbocycles. The van der Waals surface area contributed by atoms with Gasteiger partial charge in [-0.15, -0.1) is 0 Å². The van der Waals surface area contributed by atoms with E-state index in [-0.39, 0.29) is 11.2 Å². The standard InChI is InChI=1S/C33H32FN5/c1-7-8-27(22-9-12-25(34)13-10-22)28-17-31(36-20(28)2)32-29-16-23(11-14-30(29)38-39-32)24-15-26(19-35-18-24)37-21(3)33(4,5)6/h7-19,36-37H,1,3H2,2,4-6H3,(H,38,39)/b27-8-. The lowest BCUT2D eigenvalue weighted by molar-refractivity contribution is 0.509. The summed E-state index contributed by atoms with van der Waals surface area (Å²) < 4.78 is 13.6. The molecule has 6 heteroatoms. The smallest absolute Gasteiger partial charge is 0.123 e. The summed E-state index contributed by atoms with van der Waals surface area (Å²) in [5.74, 6) is -0.266. The molecule has 0 aliphatic rings. The second-order valence-electron chi connectivity index (χ2n) is 10.7. The highest BCUT2D eigenvalue weighted by molar-refractivity contribution is 5.96. The number of hydrogen-bond acceptors (Lipinski definition) is 3. The highest BCUT2D eigenvalue weighted by atomic mass is 19.1. The van der Waals surface area contributed by atoms with E-state index in [1.54, 1.807) is 24.4 Å². The van der Waals surface area contributed by atoms with Gasteiger partial charge in [-0.05, 0) is 60.0 Å². The Morgan fingerprint density at radius 3 is 2.49 bits per heavy atom. The molecular weight excluding hydrogens is 485 g/mol. The number of hydrogen-bond donors (Lipinski definition) is 3. The molecule has 196 valence electrons. The van der Waals surface area contributed by atoms with Crippen LogP contribution in [0.25, 0.3) is 39.0 Å². The quantitative estimate of drug-likeness (QED) is 0.189. The van der Waals surface area contributed by atoms with E-state index in [9.17, 15) is 4.39 Å². The first-order chi connectivity index (χ1) is 18.6. The van der Waals surface area contributed by atoms with Gasteiger partial charge in [0.15, 0.2) is 0 Å². The van der Waals surface area contributed by atoms with Gasteiger partial charge in [-0.1, -0.05) is 64.3 Å². The van der Waals surface area contributed by atoms with Crippen molar-refractivity contribution < 1.29 is 4.39 Å². The van der Waals surface area contributed by atoms with Crippen LogP contribution in [0.4, 0.5) is 10.1 Å². The number of aromatic nitrogens is 4. The Labute approximate surface area is 228 Å². The molecule has 0 aliphatic heterocycles. The zero-order valence-corrected chi connectivity index (χ0v) is 22.7. The molecule has 0 unspecified atom stereocenters. The molecule has 3 aromatic heterocycles. The summed E-state index contributed by atoms with van der Waals surface area (Å²) in [5.41, 5.74) is 10.3. The second kappa shape index (κ2) is 10.2. The third-order valence-corrected chi connectivity index (χ3v) is 6.83. The van der Waals surface area contributed by atoms with Gasteiger partial charge in [-0.25, -0.2) is 4.39 Å². The van der Waals surface area contributed by atoms with E-state index in [1.807, 2.05) is 25.3 Å². The van der Waals surface area contributed by atoms with E-state index in [1.165, 1.54) is 12.1 Å². The minimum atomic E-state index is -0.266. The maximum Gasteiger partial charge on any atom is 0.123 e. The minimum absolute atomic E-state index is 0.0644. The van der Waals surface area contributed by atoms with Crippen LogP contribution >= 0.6 is 0 Å². The Hall–Kier alpha value is -4.71. The van der Waals surface area contributed by atoms with E-state index in [4.69, 9.17) is 0 Å². The number of fused-ring (bicyclic) bond motifs is 1. The van der Waals surface area contributed by atoms with Crippen LogP contribution in [-0.4, -0.2) is 20.2 Å². The summed E-state index contributed by atoms with van der Waals surface area (Å²) in [6, 6.07) is 16.9. The molecule has 0 bridgehead atoms. The average molecular weight is 518 g/mol. The summed E-state index contributed by atoms with van der Waals surface area (Å²) in [5, 5.41) is 12.2. The molecule has 3 N–H and O–H groups in total. The van der Waals surface area contributed by atoms with E-state index in [0.717, 1.165) is 67.2 Å². The SMILES string of the molecule is C=C/C=C(/c1ccc(F)cc1)c1cc(-c2n[nH]c3ccc(-c4cncc(NC(=C)C(C)(C)C)c4)cc23)[nH]c1C. The number of pyridine rings is 1. The van der Waals surface area contributed by atoms with Crippen LogP contribution < -0.4 is 5.32 Å². The largest absolute Gasteiger partial charge is 0.358 e. The first-order valence-corrected chi connectivity index (χ1v) is 12.8. The average Bonchev–Trinajstić information content (AvgIpc) is 3.50. The van der Waals surface area contributed by atoms with Gasteiger partial charge in [-0.3, -0.25) is 10.1 Å². The number of rotatable bonds is 7. The van der Waals surface area contributed by atoms with Gasteiger partial charge in [0.2, 0.25) is 0 Å². The van der Waals surface area contributed by atoms with Gasteiger partial charge in [0.05, 0.1) is 23.1 Å². The van der Waals surface area contributed by atoms with Crippen LogP contribution in [0.15, 0.2) is 98.0 Å². The molecule has 2 aromatic carbocycles. The molecule has 0 radical (unpaired) electrons. The molecule has 0 atom stereocenters. The fourth-order valence-electron chi connectivity index (χ4n) is 4.48. The molecule has 5 aromatic rings. The Morgan fingerprint density at radius 2 is 1.77 bits per heavy atom. The lowest BCUT2D eigenvalue weighted by atomic mass is 9.93. The monoisotopic (exact) mass is 517 g/mol. The Bertz CT molecular complexity index is 1710. The van der Waals surface area contributed by atoms with E-state index in [0.29, 0.717) is 0 Å². The second-order valence-corrected chi connectivity index (χ2v) is 10.7. The van der Waals surface area contributed by atoms with Crippen molar-refractivity contribution in [2.45, 2.75) is 27.7 Å². The van der Waals surface area contributed by atoms with Gasteiger partial charge >= 0.3 is 0 Å². The predicted molar refractivity (Wildman–Crippen MR) is 160 cm³/mol. The van der Waals surface area contributed by atoms with Crippen molar-refractivity contribution >= 4 is 22.2 Å². The Morgan fingerprint density at radius 1 is 1.00 bits per heavy atom. The summed E-state index contributed by atoms with van der Waals surface area (Å²) in [6.45, 7) is 16.4. The molecule has 0 amide bonds. The van der Waals surface area contributed by atoms with Crippen LogP contribution in [0.1, 0.15) is 37.6 Å². The van der Waals surface area contributed by atoms with Crippen molar-refractivity contribution in [3.05, 3.63) is 121 Å².